The number of hydrogen-bond acceptors (Lipinski definition) is 7. The van der Waals surface area contributed by atoms with Gasteiger partial charge in [0.15, 0.2) is 0 Å². The van der Waals surface area contributed by atoms with E-state index in [-0.39, 0.29) is 11.1 Å². The topological polar surface area (TPSA) is 112 Å². The van der Waals surface area contributed by atoms with Gasteiger partial charge in [-0.25, -0.2) is 0 Å². The van der Waals surface area contributed by atoms with E-state index < -0.39 is 18.7 Å². The number of pyridine rings is 1. The standard InChI is InChI=1S/C26H25Cl2F2N7O/c1-25(2,3)13-33-22-15(10-31)11-32-23-18(22)8-16(9-20(23)28)34-24(17-6-4-5-7-19(17)27)21-12-37(36-35-21)26(29,30)14-38/h4-9,11-12,24,34,38H,13-14H2,1-3H3,(H,32,33). The minimum atomic E-state index is -3.63. The molecule has 38 heavy (non-hydrogen) atoms. The maximum Gasteiger partial charge on any atom is 0.367 e. The third kappa shape index (κ3) is 5.80. The Morgan fingerprint density at radius 3 is 2.55 bits per heavy atom. The zero-order valence-electron chi connectivity index (χ0n) is 20.8. The van der Waals surface area contributed by atoms with Crippen LogP contribution in [0.1, 0.15) is 43.6 Å². The van der Waals surface area contributed by atoms with E-state index in [0.29, 0.717) is 54.7 Å². The van der Waals surface area contributed by atoms with Crippen LogP contribution in [0.4, 0.5) is 20.2 Å². The second-order valence-corrected chi connectivity index (χ2v) is 10.8. The number of alkyl halides is 2. The molecule has 12 heteroatoms. The normalized spacial score (nSPS) is 12.8. The Hall–Kier alpha value is -3.52. The van der Waals surface area contributed by atoms with Crippen molar-refractivity contribution >= 4 is 45.5 Å². The summed E-state index contributed by atoms with van der Waals surface area (Å²) in [7, 11) is 0. The Bertz CT molecular complexity index is 1510. The number of fused-ring (bicyclic) bond motifs is 1. The molecule has 0 amide bonds. The van der Waals surface area contributed by atoms with Gasteiger partial charge in [-0.2, -0.15) is 18.7 Å². The highest BCUT2D eigenvalue weighted by Crippen LogP contribution is 2.37. The summed E-state index contributed by atoms with van der Waals surface area (Å²) in [5.41, 5.74) is 2.56. The summed E-state index contributed by atoms with van der Waals surface area (Å²) in [5, 5.41) is 34.2. The first kappa shape index (κ1) is 27.5. The highest BCUT2D eigenvalue weighted by atomic mass is 35.5. The molecule has 0 aliphatic heterocycles. The van der Waals surface area contributed by atoms with Crippen molar-refractivity contribution in [1.29, 1.82) is 5.26 Å². The van der Waals surface area contributed by atoms with E-state index in [4.69, 9.17) is 28.3 Å². The number of benzene rings is 2. The summed E-state index contributed by atoms with van der Waals surface area (Å²) in [6.07, 6.45) is 2.52. The fraction of sp³-hybridized carbons (Fsp3) is 0.308. The predicted octanol–water partition coefficient (Wildman–Crippen LogP) is 6.21. The molecule has 0 saturated heterocycles. The van der Waals surface area contributed by atoms with Crippen molar-refractivity contribution in [3.63, 3.8) is 0 Å². The lowest BCUT2D eigenvalue weighted by Gasteiger charge is -2.22. The molecule has 2 aromatic carbocycles. The fourth-order valence-corrected chi connectivity index (χ4v) is 4.31. The molecule has 2 heterocycles. The minimum Gasteiger partial charge on any atom is -0.388 e. The molecule has 198 valence electrons. The molecule has 4 aromatic rings. The van der Waals surface area contributed by atoms with Crippen molar-refractivity contribution in [2.24, 2.45) is 5.41 Å². The minimum absolute atomic E-state index is 0.0699. The molecule has 0 spiro atoms. The number of aromatic nitrogens is 4. The molecule has 0 aliphatic rings. The maximum atomic E-state index is 14.1. The Kier molecular flexibility index (Phi) is 7.74. The van der Waals surface area contributed by atoms with Gasteiger partial charge < -0.3 is 15.7 Å². The quantitative estimate of drug-likeness (QED) is 0.235. The number of nitrogens with one attached hydrogen (secondary N) is 2. The zero-order valence-corrected chi connectivity index (χ0v) is 22.3. The summed E-state index contributed by atoms with van der Waals surface area (Å²) in [4.78, 5) is 4.37. The second-order valence-electron chi connectivity index (χ2n) is 9.94. The molecule has 0 aliphatic carbocycles. The van der Waals surface area contributed by atoms with Crippen LogP contribution in [-0.4, -0.2) is 38.2 Å². The van der Waals surface area contributed by atoms with Gasteiger partial charge in [-0.1, -0.05) is 67.4 Å². The van der Waals surface area contributed by atoms with E-state index >= 15 is 0 Å². The van der Waals surface area contributed by atoms with Crippen LogP contribution < -0.4 is 10.6 Å². The summed E-state index contributed by atoms with van der Waals surface area (Å²) < 4.78 is 28.5. The molecule has 4 rings (SSSR count). The first-order valence-corrected chi connectivity index (χ1v) is 12.4. The number of nitrogens with zero attached hydrogens (tertiary/aromatic N) is 5. The van der Waals surface area contributed by atoms with Gasteiger partial charge in [0.2, 0.25) is 0 Å². The molecule has 0 saturated carbocycles. The molecule has 8 nitrogen and oxygen atoms in total. The van der Waals surface area contributed by atoms with Crippen LogP contribution >= 0.6 is 23.2 Å². The molecule has 0 bridgehead atoms. The number of aliphatic hydroxyl groups is 1. The average molecular weight is 560 g/mol. The number of aliphatic hydroxyl groups excluding tert-OH is 1. The fourth-order valence-electron chi connectivity index (χ4n) is 3.80. The molecule has 0 radical (unpaired) electrons. The van der Waals surface area contributed by atoms with Crippen LogP contribution in [0, 0.1) is 16.7 Å². The summed E-state index contributed by atoms with van der Waals surface area (Å²) in [6, 6.07) is 8.06. The Morgan fingerprint density at radius 1 is 1.16 bits per heavy atom. The largest absolute Gasteiger partial charge is 0.388 e. The van der Waals surface area contributed by atoms with Crippen LogP contribution in [0.5, 0.6) is 0 Å². The zero-order chi connectivity index (χ0) is 27.7. The van der Waals surface area contributed by atoms with Gasteiger partial charge in [0.25, 0.3) is 0 Å². The van der Waals surface area contributed by atoms with Crippen molar-refractivity contribution in [3.05, 3.63) is 75.7 Å². The van der Waals surface area contributed by atoms with Crippen molar-refractivity contribution < 1.29 is 13.9 Å². The number of nitriles is 1. The molecule has 1 atom stereocenters. The smallest absolute Gasteiger partial charge is 0.367 e. The second kappa shape index (κ2) is 10.7. The molecular weight excluding hydrogens is 535 g/mol. The molecule has 2 aromatic heterocycles. The Morgan fingerprint density at radius 2 is 1.89 bits per heavy atom. The van der Waals surface area contributed by atoms with E-state index in [1.165, 1.54) is 6.20 Å². The van der Waals surface area contributed by atoms with Crippen molar-refractivity contribution in [1.82, 2.24) is 20.0 Å². The van der Waals surface area contributed by atoms with E-state index in [9.17, 15) is 14.0 Å². The lowest BCUT2D eigenvalue weighted by molar-refractivity contribution is -0.131. The third-order valence-electron chi connectivity index (χ3n) is 5.70. The molecular formula is C26H25Cl2F2N7O. The SMILES string of the molecule is CC(C)(C)CNc1c(C#N)cnc2c(Cl)cc(NC(c3cn(C(F)(F)CO)nn3)c3ccccc3Cl)cc12. The first-order chi connectivity index (χ1) is 17.9. The van der Waals surface area contributed by atoms with E-state index in [1.54, 1.807) is 36.4 Å². The first-order valence-electron chi connectivity index (χ1n) is 11.6. The van der Waals surface area contributed by atoms with Crippen LogP contribution in [0.3, 0.4) is 0 Å². The van der Waals surface area contributed by atoms with Gasteiger partial charge >= 0.3 is 6.05 Å². The van der Waals surface area contributed by atoms with E-state index in [2.05, 4.69) is 52.8 Å². The van der Waals surface area contributed by atoms with Crippen molar-refractivity contribution in [2.75, 3.05) is 23.8 Å². The van der Waals surface area contributed by atoms with Crippen LogP contribution in [-0.2, 0) is 6.05 Å². The van der Waals surface area contributed by atoms with E-state index in [0.717, 1.165) is 6.20 Å². The van der Waals surface area contributed by atoms with Crippen molar-refractivity contribution in [3.8, 4) is 6.07 Å². The lowest BCUT2D eigenvalue weighted by atomic mass is 9.96. The maximum absolute atomic E-state index is 14.1. The number of anilines is 2. The third-order valence-corrected chi connectivity index (χ3v) is 6.33. The van der Waals surface area contributed by atoms with Crippen LogP contribution in [0.15, 0.2) is 48.8 Å². The monoisotopic (exact) mass is 559 g/mol. The Balaban J connectivity index is 1.83. The highest BCUT2D eigenvalue weighted by Gasteiger charge is 2.33. The highest BCUT2D eigenvalue weighted by molar-refractivity contribution is 6.36. The van der Waals surface area contributed by atoms with Gasteiger partial charge in [0, 0.05) is 28.8 Å². The van der Waals surface area contributed by atoms with Gasteiger partial charge in [-0.3, -0.25) is 4.98 Å². The van der Waals surface area contributed by atoms with Crippen LogP contribution in [0.25, 0.3) is 10.9 Å². The number of rotatable bonds is 8. The predicted molar refractivity (Wildman–Crippen MR) is 144 cm³/mol. The van der Waals surface area contributed by atoms with Gasteiger partial charge in [0.1, 0.15) is 18.4 Å². The number of halogens is 4. The van der Waals surface area contributed by atoms with Gasteiger partial charge in [-0.05, 0) is 29.2 Å². The van der Waals surface area contributed by atoms with Crippen LogP contribution in [0.2, 0.25) is 10.0 Å². The van der Waals surface area contributed by atoms with Crippen molar-refractivity contribution in [2.45, 2.75) is 32.9 Å². The lowest BCUT2D eigenvalue weighted by Crippen LogP contribution is -2.27. The summed E-state index contributed by atoms with van der Waals surface area (Å²) in [5.74, 6) is 0. The van der Waals surface area contributed by atoms with Gasteiger partial charge in [0.05, 0.1) is 34.0 Å². The summed E-state index contributed by atoms with van der Waals surface area (Å²) in [6.45, 7) is 5.35. The Labute approximate surface area is 228 Å². The number of hydrogen-bond donors (Lipinski definition) is 3. The average Bonchev–Trinajstić information content (AvgIpc) is 3.37. The molecule has 0 fully saturated rings. The summed E-state index contributed by atoms with van der Waals surface area (Å²) >= 11 is 13.1. The van der Waals surface area contributed by atoms with Gasteiger partial charge in [-0.15, -0.1) is 5.10 Å². The molecule has 3 N–H and O–H groups in total. The van der Waals surface area contributed by atoms with E-state index in [1.807, 2.05) is 0 Å². The molecule has 1 unspecified atom stereocenters.